The van der Waals surface area contributed by atoms with E-state index in [9.17, 15) is 4.79 Å². The van der Waals surface area contributed by atoms with E-state index < -0.39 is 0 Å². The topological polar surface area (TPSA) is 32.8 Å². The fourth-order valence-corrected chi connectivity index (χ4v) is 2.88. The molecule has 1 aliphatic rings. The summed E-state index contributed by atoms with van der Waals surface area (Å²) in [6, 6.07) is 15.6. The van der Waals surface area contributed by atoms with Gasteiger partial charge in [0.1, 0.15) is 5.75 Å². The molecular formula is C19H20N2O2. The van der Waals surface area contributed by atoms with Crippen LogP contribution in [-0.2, 0) is 4.79 Å². The molecule has 1 amide bonds. The number of para-hydroxylation sites is 2. The Kier molecular flexibility index (Phi) is 4.33. The molecule has 0 atom stereocenters. The summed E-state index contributed by atoms with van der Waals surface area (Å²) < 4.78 is 5.20. The fourth-order valence-electron chi connectivity index (χ4n) is 2.88. The highest BCUT2D eigenvalue weighted by Crippen LogP contribution is 2.37. The molecule has 2 aromatic rings. The molecule has 0 bridgehead atoms. The SMILES string of the molecule is C=CCN1CCC(=O)N(c2ccc(OC)cc2)c2ccccc21. The van der Waals surface area contributed by atoms with Gasteiger partial charge in [0.05, 0.1) is 18.5 Å². The zero-order chi connectivity index (χ0) is 16.2. The molecule has 0 spiro atoms. The van der Waals surface area contributed by atoms with Crippen molar-refractivity contribution in [1.82, 2.24) is 0 Å². The molecule has 4 nitrogen and oxygen atoms in total. The maximum Gasteiger partial charge on any atom is 0.233 e. The number of hydrogen-bond donors (Lipinski definition) is 0. The van der Waals surface area contributed by atoms with Crippen molar-refractivity contribution in [3.63, 3.8) is 0 Å². The standard InChI is InChI=1S/C19H20N2O2/c1-3-13-20-14-12-19(22)21(18-7-5-4-6-17(18)20)15-8-10-16(23-2)11-9-15/h3-11H,1,12-14H2,2H3. The average Bonchev–Trinajstić information content (AvgIpc) is 2.73. The summed E-state index contributed by atoms with van der Waals surface area (Å²) in [6.07, 6.45) is 2.33. The van der Waals surface area contributed by atoms with Crippen molar-refractivity contribution in [1.29, 1.82) is 0 Å². The Hall–Kier alpha value is -2.75. The first kappa shape index (κ1) is 15.2. The van der Waals surface area contributed by atoms with Crippen molar-refractivity contribution in [2.24, 2.45) is 0 Å². The van der Waals surface area contributed by atoms with Gasteiger partial charge in [-0.15, -0.1) is 6.58 Å². The molecule has 2 aromatic carbocycles. The Morgan fingerprint density at radius 1 is 1.13 bits per heavy atom. The molecular weight excluding hydrogens is 288 g/mol. The minimum Gasteiger partial charge on any atom is -0.497 e. The van der Waals surface area contributed by atoms with E-state index in [1.165, 1.54) is 0 Å². The summed E-state index contributed by atoms with van der Waals surface area (Å²) in [4.78, 5) is 16.7. The van der Waals surface area contributed by atoms with E-state index in [2.05, 4.69) is 11.5 Å². The van der Waals surface area contributed by atoms with Crippen LogP contribution in [-0.4, -0.2) is 26.1 Å². The van der Waals surface area contributed by atoms with Crippen molar-refractivity contribution in [2.45, 2.75) is 6.42 Å². The molecule has 0 fully saturated rings. The summed E-state index contributed by atoms with van der Waals surface area (Å²) in [5.74, 6) is 0.867. The summed E-state index contributed by atoms with van der Waals surface area (Å²) in [7, 11) is 1.63. The Morgan fingerprint density at radius 3 is 2.48 bits per heavy atom. The van der Waals surface area contributed by atoms with E-state index in [4.69, 9.17) is 4.74 Å². The third kappa shape index (κ3) is 2.93. The van der Waals surface area contributed by atoms with Crippen LogP contribution in [0.25, 0.3) is 0 Å². The van der Waals surface area contributed by atoms with E-state index in [0.717, 1.165) is 29.4 Å². The van der Waals surface area contributed by atoms with Crippen LogP contribution in [0, 0.1) is 0 Å². The third-order valence-corrected chi connectivity index (χ3v) is 3.99. The highest BCUT2D eigenvalue weighted by atomic mass is 16.5. The van der Waals surface area contributed by atoms with Gasteiger partial charge in [-0.1, -0.05) is 18.2 Å². The maximum atomic E-state index is 12.7. The van der Waals surface area contributed by atoms with Crippen LogP contribution in [0.2, 0.25) is 0 Å². The van der Waals surface area contributed by atoms with Crippen LogP contribution < -0.4 is 14.5 Å². The normalized spacial score (nSPS) is 14.2. The number of benzene rings is 2. The van der Waals surface area contributed by atoms with Gasteiger partial charge in [0, 0.05) is 25.2 Å². The van der Waals surface area contributed by atoms with Gasteiger partial charge in [-0.25, -0.2) is 0 Å². The van der Waals surface area contributed by atoms with Gasteiger partial charge < -0.3 is 9.64 Å². The molecule has 23 heavy (non-hydrogen) atoms. The molecule has 1 aliphatic heterocycles. The zero-order valence-corrected chi connectivity index (χ0v) is 13.2. The van der Waals surface area contributed by atoms with Gasteiger partial charge in [0.15, 0.2) is 0 Å². The Labute approximate surface area is 136 Å². The first-order valence-electron chi connectivity index (χ1n) is 7.66. The van der Waals surface area contributed by atoms with Gasteiger partial charge in [0.2, 0.25) is 5.91 Å². The van der Waals surface area contributed by atoms with Gasteiger partial charge >= 0.3 is 0 Å². The number of ether oxygens (including phenoxy) is 1. The minimum atomic E-state index is 0.0918. The van der Waals surface area contributed by atoms with E-state index in [1.807, 2.05) is 54.6 Å². The number of carbonyl (C=O) groups excluding carboxylic acids is 1. The number of fused-ring (bicyclic) bond motifs is 1. The van der Waals surface area contributed by atoms with Crippen molar-refractivity contribution in [3.05, 3.63) is 61.2 Å². The lowest BCUT2D eigenvalue weighted by Crippen LogP contribution is -2.26. The Morgan fingerprint density at radius 2 is 1.83 bits per heavy atom. The second kappa shape index (κ2) is 6.57. The van der Waals surface area contributed by atoms with Crippen molar-refractivity contribution in [2.75, 3.05) is 30.0 Å². The van der Waals surface area contributed by atoms with Gasteiger partial charge in [-0.05, 0) is 36.4 Å². The molecule has 0 unspecified atom stereocenters. The molecule has 3 rings (SSSR count). The molecule has 118 valence electrons. The molecule has 0 aliphatic carbocycles. The minimum absolute atomic E-state index is 0.0918. The fraction of sp³-hybridized carbons (Fsp3) is 0.211. The van der Waals surface area contributed by atoms with E-state index >= 15 is 0 Å². The lowest BCUT2D eigenvalue weighted by Gasteiger charge is -2.26. The summed E-state index contributed by atoms with van der Waals surface area (Å²) in [5.41, 5.74) is 2.81. The number of anilines is 3. The van der Waals surface area contributed by atoms with Gasteiger partial charge in [0.25, 0.3) is 0 Å². The van der Waals surface area contributed by atoms with Crippen LogP contribution in [0.15, 0.2) is 61.2 Å². The summed E-state index contributed by atoms with van der Waals surface area (Å²) in [6.45, 7) is 5.23. The Bertz CT molecular complexity index is 710. The number of rotatable bonds is 4. The van der Waals surface area contributed by atoms with Crippen LogP contribution in [0.1, 0.15) is 6.42 Å². The van der Waals surface area contributed by atoms with Crippen LogP contribution in [0.5, 0.6) is 5.75 Å². The molecule has 0 radical (unpaired) electrons. The number of hydrogen-bond acceptors (Lipinski definition) is 3. The average molecular weight is 308 g/mol. The maximum absolute atomic E-state index is 12.7. The van der Waals surface area contributed by atoms with E-state index in [0.29, 0.717) is 13.0 Å². The molecule has 0 saturated carbocycles. The van der Waals surface area contributed by atoms with Crippen LogP contribution in [0.4, 0.5) is 17.1 Å². The highest BCUT2D eigenvalue weighted by Gasteiger charge is 2.26. The number of carbonyl (C=O) groups is 1. The molecule has 0 saturated heterocycles. The van der Waals surface area contributed by atoms with Crippen molar-refractivity contribution in [3.8, 4) is 5.75 Å². The highest BCUT2D eigenvalue weighted by molar-refractivity contribution is 6.04. The number of amides is 1. The third-order valence-electron chi connectivity index (χ3n) is 3.99. The van der Waals surface area contributed by atoms with Crippen LogP contribution >= 0.6 is 0 Å². The van der Waals surface area contributed by atoms with Crippen LogP contribution in [0.3, 0.4) is 0 Å². The quantitative estimate of drug-likeness (QED) is 0.806. The van der Waals surface area contributed by atoms with Gasteiger partial charge in [-0.2, -0.15) is 0 Å². The lowest BCUT2D eigenvalue weighted by atomic mass is 10.2. The van der Waals surface area contributed by atoms with Crippen molar-refractivity contribution < 1.29 is 9.53 Å². The molecule has 1 heterocycles. The van der Waals surface area contributed by atoms with Gasteiger partial charge in [-0.3, -0.25) is 9.69 Å². The zero-order valence-electron chi connectivity index (χ0n) is 13.2. The first-order chi connectivity index (χ1) is 11.2. The predicted octanol–water partition coefficient (Wildman–Crippen LogP) is 3.76. The lowest BCUT2D eigenvalue weighted by molar-refractivity contribution is -0.117. The molecule has 0 N–H and O–H groups in total. The smallest absolute Gasteiger partial charge is 0.233 e. The summed E-state index contributed by atoms with van der Waals surface area (Å²) >= 11 is 0. The Balaban J connectivity index is 2.07. The van der Waals surface area contributed by atoms with E-state index in [1.54, 1.807) is 12.0 Å². The molecule has 0 aromatic heterocycles. The first-order valence-corrected chi connectivity index (χ1v) is 7.66. The second-order valence-electron chi connectivity index (χ2n) is 5.40. The number of methoxy groups -OCH3 is 1. The second-order valence-corrected chi connectivity index (χ2v) is 5.40. The van der Waals surface area contributed by atoms with Crippen molar-refractivity contribution >= 4 is 23.0 Å². The van der Waals surface area contributed by atoms with E-state index in [-0.39, 0.29) is 5.91 Å². The largest absolute Gasteiger partial charge is 0.497 e. The predicted molar refractivity (Wildman–Crippen MR) is 93.6 cm³/mol. The summed E-state index contributed by atoms with van der Waals surface area (Å²) in [5, 5.41) is 0. The molecule has 4 heteroatoms. The number of nitrogens with zero attached hydrogens (tertiary/aromatic N) is 2. The monoisotopic (exact) mass is 308 g/mol.